The van der Waals surface area contributed by atoms with Crippen molar-refractivity contribution in [2.75, 3.05) is 18.5 Å². The van der Waals surface area contributed by atoms with Crippen LogP contribution in [-0.4, -0.2) is 25.1 Å². The van der Waals surface area contributed by atoms with Crippen molar-refractivity contribution in [1.82, 2.24) is 0 Å². The van der Waals surface area contributed by atoms with Gasteiger partial charge in [0.15, 0.2) is 6.61 Å². The van der Waals surface area contributed by atoms with E-state index in [9.17, 15) is 9.59 Å². The van der Waals surface area contributed by atoms with Crippen molar-refractivity contribution in [3.63, 3.8) is 0 Å². The van der Waals surface area contributed by atoms with Crippen LogP contribution in [-0.2, 0) is 22.4 Å². The zero-order chi connectivity index (χ0) is 19.4. The number of para-hydroxylation sites is 1. The minimum absolute atomic E-state index is 0.190. The Labute approximate surface area is 167 Å². The summed E-state index contributed by atoms with van der Waals surface area (Å²) < 4.78 is 10.7. The lowest BCUT2D eigenvalue weighted by atomic mass is 9.88. The smallest absolute Gasteiger partial charge is 0.341 e. The molecule has 7 heteroatoms. The first kappa shape index (κ1) is 19.7. The van der Waals surface area contributed by atoms with E-state index in [4.69, 9.17) is 21.1 Å². The molecule has 0 bridgehead atoms. The largest absolute Gasteiger partial charge is 0.482 e. The Balaban J connectivity index is 1.76. The van der Waals surface area contributed by atoms with Crippen LogP contribution in [0.1, 0.15) is 41.1 Å². The summed E-state index contributed by atoms with van der Waals surface area (Å²) >= 11 is 7.49. The predicted molar refractivity (Wildman–Crippen MR) is 107 cm³/mol. The van der Waals surface area contributed by atoms with Gasteiger partial charge in [-0.25, -0.2) is 4.79 Å². The molecule has 1 aliphatic rings. The van der Waals surface area contributed by atoms with Crippen LogP contribution in [0.2, 0.25) is 5.02 Å². The zero-order valence-electron chi connectivity index (χ0n) is 15.3. The SMILES string of the molecule is CCOC(=O)c1c(NC(=O)COc2ccccc2Cl)sc2c1CC[C@H](C)C2. The van der Waals surface area contributed by atoms with Gasteiger partial charge in [-0.1, -0.05) is 30.7 Å². The number of carbonyl (C=O) groups is 2. The minimum atomic E-state index is -0.383. The third-order valence-electron chi connectivity index (χ3n) is 4.44. The molecule has 1 aromatic carbocycles. The van der Waals surface area contributed by atoms with Gasteiger partial charge in [0.25, 0.3) is 5.91 Å². The third-order valence-corrected chi connectivity index (χ3v) is 5.92. The predicted octanol–water partition coefficient (Wildman–Crippen LogP) is 4.72. The monoisotopic (exact) mass is 407 g/mol. The molecule has 27 heavy (non-hydrogen) atoms. The van der Waals surface area contributed by atoms with Gasteiger partial charge in [0, 0.05) is 4.88 Å². The molecule has 5 nitrogen and oxygen atoms in total. The lowest BCUT2D eigenvalue weighted by Gasteiger charge is -2.18. The van der Waals surface area contributed by atoms with E-state index in [1.807, 2.05) is 0 Å². The highest BCUT2D eigenvalue weighted by atomic mass is 35.5. The van der Waals surface area contributed by atoms with E-state index >= 15 is 0 Å². The molecule has 0 saturated carbocycles. The number of rotatable bonds is 6. The van der Waals surface area contributed by atoms with Crippen molar-refractivity contribution >= 4 is 39.8 Å². The number of fused-ring (bicyclic) bond motifs is 1. The number of amides is 1. The average Bonchev–Trinajstić information content (AvgIpc) is 2.98. The molecule has 0 spiro atoms. The Bertz CT molecular complexity index is 849. The Morgan fingerprint density at radius 3 is 2.85 bits per heavy atom. The number of halogens is 1. The van der Waals surface area contributed by atoms with E-state index in [1.54, 1.807) is 31.2 Å². The summed E-state index contributed by atoms with van der Waals surface area (Å²) in [5.41, 5.74) is 1.51. The van der Waals surface area contributed by atoms with Crippen LogP contribution >= 0.6 is 22.9 Å². The molecular weight excluding hydrogens is 386 g/mol. The molecular formula is C20H22ClNO4S. The lowest BCUT2D eigenvalue weighted by Crippen LogP contribution is -2.21. The molecule has 1 heterocycles. The molecule has 0 fully saturated rings. The van der Waals surface area contributed by atoms with E-state index in [0.29, 0.717) is 33.9 Å². The fraction of sp³-hybridized carbons (Fsp3) is 0.400. The fourth-order valence-corrected chi connectivity index (χ4v) is 4.73. The summed E-state index contributed by atoms with van der Waals surface area (Å²) in [6.45, 7) is 4.07. The number of carbonyl (C=O) groups excluding carboxylic acids is 2. The fourth-order valence-electron chi connectivity index (χ4n) is 3.13. The number of hydrogen-bond donors (Lipinski definition) is 1. The van der Waals surface area contributed by atoms with Crippen LogP contribution < -0.4 is 10.1 Å². The summed E-state index contributed by atoms with van der Waals surface area (Å²) in [5, 5.41) is 3.81. The van der Waals surface area contributed by atoms with Gasteiger partial charge < -0.3 is 14.8 Å². The number of esters is 1. The highest BCUT2D eigenvalue weighted by molar-refractivity contribution is 7.17. The number of benzene rings is 1. The van der Waals surface area contributed by atoms with Crippen molar-refractivity contribution in [2.45, 2.75) is 33.1 Å². The quantitative estimate of drug-likeness (QED) is 0.703. The maximum atomic E-state index is 12.5. The number of anilines is 1. The van der Waals surface area contributed by atoms with Gasteiger partial charge in [0.05, 0.1) is 17.2 Å². The lowest BCUT2D eigenvalue weighted by molar-refractivity contribution is -0.118. The van der Waals surface area contributed by atoms with Gasteiger partial charge >= 0.3 is 5.97 Å². The van der Waals surface area contributed by atoms with Crippen molar-refractivity contribution in [3.8, 4) is 5.75 Å². The van der Waals surface area contributed by atoms with E-state index in [-0.39, 0.29) is 18.5 Å². The minimum Gasteiger partial charge on any atom is -0.482 e. The second kappa shape index (κ2) is 8.76. The van der Waals surface area contributed by atoms with E-state index in [0.717, 1.165) is 29.7 Å². The molecule has 1 aromatic heterocycles. The number of nitrogens with one attached hydrogen (secondary N) is 1. The molecule has 3 rings (SSSR count). The first-order valence-corrected chi connectivity index (χ1v) is 10.2. The van der Waals surface area contributed by atoms with Crippen LogP contribution in [0.4, 0.5) is 5.00 Å². The molecule has 0 saturated heterocycles. The van der Waals surface area contributed by atoms with Crippen molar-refractivity contribution < 1.29 is 19.1 Å². The molecule has 0 radical (unpaired) electrons. The van der Waals surface area contributed by atoms with Gasteiger partial charge in [-0.15, -0.1) is 11.3 Å². The average molecular weight is 408 g/mol. The van der Waals surface area contributed by atoms with Crippen LogP contribution in [0, 0.1) is 5.92 Å². The van der Waals surface area contributed by atoms with E-state index in [2.05, 4.69) is 12.2 Å². The summed E-state index contributed by atoms with van der Waals surface area (Å²) in [7, 11) is 0. The second-order valence-corrected chi connectivity index (χ2v) is 8.06. The van der Waals surface area contributed by atoms with Crippen LogP contribution in [0.15, 0.2) is 24.3 Å². The second-order valence-electron chi connectivity index (χ2n) is 6.54. The highest BCUT2D eigenvalue weighted by Crippen LogP contribution is 2.40. The zero-order valence-corrected chi connectivity index (χ0v) is 16.9. The first-order valence-electron chi connectivity index (χ1n) is 8.98. The summed E-state index contributed by atoms with van der Waals surface area (Å²) in [4.78, 5) is 26.0. The summed E-state index contributed by atoms with van der Waals surface area (Å²) in [6, 6.07) is 6.97. The van der Waals surface area contributed by atoms with E-state index in [1.165, 1.54) is 11.3 Å². The van der Waals surface area contributed by atoms with Crippen LogP contribution in [0.3, 0.4) is 0 Å². The van der Waals surface area contributed by atoms with Gasteiger partial charge in [0.1, 0.15) is 10.8 Å². The maximum Gasteiger partial charge on any atom is 0.341 e. The molecule has 1 amide bonds. The highest BCUT2D eigenvalue weighted by Gasteiger charge is 2.29. The maximum absolute atomic E-state index is 12.5. The van der Waals surface area contributed by atoms with Gasteiger partial charge in [-0.05, 0) is 49.8 Å². The van der Waals surface area contributed by atoms with E-state index < -0.39 is 0 Å². The van der Waals surface area contributed by atoms with Crippen LogP contribution in [0.5, 0.6) is 5.75 Å². The normalized spacial score (nSPS) is 15.7. The molecule has 0 unspecified atom stereocenters. The van der Waals surface area contributed by atoms with Gasteiger partial charge in [-0.2, -0.15) is 0 Å². The first-order chi connectivity index (χ1) is 13.0. The van der Waals surface area contributed by atoms with Gasteiger partial charge in [0.2, 0.25) is 0 Å². The van der Waals surface area contributed by atoms with Crippen molar-refractivity contribution in [2.24, 2.45) is 5.92 Å². The third kappa shape index (κ3) is 4.62. The Kier molecular flexibility index (Phi) is 6.39. The topological polar surface area (TPSA) is 64.6 Å². The molecule has 2 aromatic rings. The summed E-state index contributed by atoms with van der Waals surface area (Å²) in [5.74, 6) is 0.288. The number of ether oxygens (including phenoxy) is 2. The Hall–Kier alpha value is -2.05. The number of thiophene rings is 1. The molecule has 1 N–H and O–H groups in total. The Morgan fingerprint density at radius 1 is 1.33 bits per heavy atom. The van der Waals surface area contributed by atoms with Gasteiger partial charge in [-0.3, -0.25) is 4.79 Å². The number of hydrogen-bond acceptors (Lipinski definition) is 5. The Morgan fingerprint density at radius 2 is 2.11 bits per heavy atom. The molecule has 1 atom stereocenters. The van der Waals surface area contributed by atoms with Crippen molar-refractivity contribution in [1.29, 1.82) is 0 Å². The molecule has 1 aliphatic carbocycles. The standard InChI is InChI=1S/C20H22ClNO4S/c1-3-25-20(24)18-13-9-8-12(2)10-16(13)27-19(18)22-17(23)11-26-15-7-5-4-6-14(15)21/h4-7,12H,3,8-11H2,1-2H3,(H,22,23)/t12-/m0/s1. The molecule has 144 valence electrons. The molecule has 0 aliphatic heterocycles. The van der Waals surface area contributed by atoms with Crippen molar-refractivity contribution in [3.05, 3.63) is 45.3 Å². The summed E-state index contributed by atoms with van der Waals surface area (Å²) in [6.07, 6.45) is 2.77. The van der Waals surface area contributed by atoms with Crippen LogP contribution in [0.25, 0.3) is 0 Å².